The van der Waals surface area contributed by atoms with Gasteiger partial charge in [0.25, 0.3) is 10.0 Å². The van der Waals surface area contributed by atoms with Crippen molar-refractivity contribution >= 4 is 27.5 Å². The predicted octanol–water partition coefficient (Wildman–Crippen LogP) is 4.87. The topological polar surface area (TPSA) is 86.8 Å². The molecule has 3 aromatic rings. The minimum Gasteiger partial charge on any atom is -0.354 e. The molecule has 8 heteroatoms. The number of hydrogen-bond donors (Lipinski definition) is 1. The number of benzene rings is 3. The van der Waals surface area contributed by atoms with E-state index in [1.165, 1.54) is 4.90 Å². The van der Waals surface area contributed by atoms with E-state index in [2.05, 4.69) is 5.32 Å². The third-order valence-corrected chi connectivity index (χ3v) is 8.45. The largest absolute Gasteiger partial charge is 0.354 e. The van der Waals surface area contributed by atoms with Gasteiger partial charge in [0.05, 0.1) is 10.6 Å². The van der Waals surface area contributed by atoms with Crippen molar-refractivity contribution in [3.63, 3.8) is 0 Å². The quantitative estimate of drug-likeness (QED) is 0.308. The van der Waals surface area contributed by atoms with E-state index in [9.17, 15) is 18.0 Å². The standard InChI is InChI=1S/C31H39N3O4S/c1-5-6-20-32-31(36)26(4)33(21-19-27-12-8-7-9-13-27)30(35)23-34(28-14-10-11-25(3)22-28)39(37,38)29-17-15-24(2)16-18-29/h7-18,22,26H,5-6,19-21,23H2,1-4H3,(H,32,36). The van der Waals surface area contributed by atoms with Crippen LogP contribution in [-0.4, -0.2) is 50.8 Å². The Balaban J connectivity index is 1.95. The molecule has 3 aromatic carbocycles. The van der Waals surface area contributed by atoms with Crippen molar-refractivity contribution in [2.24, 2.45) is 0 Å². The van der Waals surface area contributed by atoms with Crippen LogP contribution in [0.2, 0.25) is 0 Å². The van der Waals surface area contributed by atoms with Crippen LogP contribution < -0.4 is 9.62 Å². The number of nitrogens with zero attached hydrogens (tertiary/aromatic N) is 2. The van der Waals surface area contributed by atoms with Gasteiger partial charge in [0.2, 0.25) is 11.8 Å². The summed E-state index contributed by atoms with van der Waals surface area (Å²) in [5.74, 6) is -0.699. The number of amides is 2. The van der Waals surface area contributed by atoms with Crippen LogP contribution in [0.4, 0.5) is 5.69 Å². The van der Waals surface area contributed by atoms with Crippen molar-refractivity contribution in [2.45, 2.75) is 57.9 Å². The highest BCUT2D eigenvalue weighted by molar-refractivity contribution is 7.92. The number of anilines is 1. The fourth-order valence-corrected chi connectivity index (χ4v) is 5.66. The molecule has 0 heterocycles. The molecule has 0 bridgehead atoms. The van der Waals surface area contributed by atoms with E-state index in [4.69, 9.17) is 0 Å². The van der Waals surface area contributed by atoms with Crippen LogP contribution in [0.5, 0.6) is 0 Å². The Morgan fingerprint density at radius 1 is 0.897 bits per heavy atom. The van der Waals surface area contributed by atoms with Crippen molar-refractivity contribution in [1.29, 1.82) is 0 Å². The third-order valence-electron chi connectivity index (χ3n) is 6.66. The second kappa shape index (κ2) is 13.9. The highest BCUT2D eigenvalue weighted by Crippen LogP contribution is 2.25. The molecule has 0 aliphatic carbocycles. The summed E-state index contributed by atoms with van der Waals surface area (Å²) in [5, 5.41) is 2.91. The molecular formula is C31H39N3O4S. The van der Waals surface area contributed by atoms with Crippen molar-refractivity contribution in [3.05, 3.63) is 95.6 Å². The molecule has 3 rings (SSSR count). The first-order valence-electron chi connectivity index (χ1n) is 13.4. The van der Waals surface area contributed by atoms with Gasteiger partial charge in [-0.3, -0.25) is 13.9 Å². The van der Waals surface area contributed by atoms with Crippen LogP contribution in [0.3, 0.4) is 0 Å². The van der Waals surface area contributed by atoms with E-state index in [-0.39, 0.29) is 17.3 Å². The summed E-state index contributed by atoms with van der Waals surface area (Å²) >= 11 is 0. The van der Waals surface area contributed by atoms with E-state index < -0.39 is 28.5 Å². The van der Waals surface area contributed by atoms with E-state index in [0.29, 0.717) is 18.7 Å². The third kappa shape index (κ3) is 8.17. The van der Waals surface area contributed by atoms with Gasteiger partial charge in [0.1, 0.15) is 12.6 Å². The Morgan fingerprint density at radius 3 is 2.23 bits per heavy atom. The van der Waals surface area contributed by atoms with Gasteiger partial charge in [-0.2, -0.15) is 0 Å². The van der Waals surface area contributed by atoms with Crippen LogP contribution in [0, 0.1) is 13.8 Å². The first kappa shape index (κ1) is 29.9. The fraction of sp³-hybridized carbons (Fsp3) is 0.355. The van der Waals surface area contributed by atoms with Gasteiger partial charge in [-0.05, 0) is 69.0 Å². The van der Waals surface area contributed by atoms with E-state index in [0.717, 1.165) is 33.8 Å². The Kier molecular flexibility index (Phi) is 10.7. The summed E-state index contributed by atoms with van der Waals surface area (Å²) in [6, 6.07) is 22.6. The molecule has 1 N–H and O–H groups in total. The van der Waals surface area contributed by atoms with Gasteiger partial charge < -0.3 is 10.2 Å². The molecule has 2 amide bonds. The molecule has 0 spiro atoms. The van der Waals surface area contributed by atoms with Gasteiger partial charge in [-0.25, -0.2) is 8.42 Å². The van der Waals surface area contributed by atoms with Crippen molar-refractivity contribution < 1.29 is 18.0 Å². The molecule has 0 aromatic heterocycles. The molecule has 1 unspecified atom stereocenters. The van der Waals surface area contributed by atoms with Crippen LogP contribution in [0.15, 0.2) is 83.8 Å². The highest BCUT2D eigenvalue weighted by Gasteiger charge is 2.32. The molecule has 0 aliphatic rings. The Bertz CT molecular complexity index is 1340. The number of carbonyl (C=O) groups is 2. The zero-order valence-corrected chi connectivity index (χ0v) is 24.1. The van der Waals surface area contributed by atoms with Crippen molar-refractivity contribution in [2.75, 3.05) is 23.9 Å². The maximum absolute atomic E-state index is 13.9. The molecule has 7 nitrogen and oxygen atoms in total. The molecule has 208 valence electrons. The smallest absolute Gasteiger partial charge is 0.264 e. The summed E-state index contributed by atoms with van der Waals surface area (Å²) in [6.07, 6.45) is 2.31. The van der Waals surface area contributed by atoms with Crippen LogP contribution in [0.1, 0.15) is 43.4 Å². The van der Waals surface area contributed by atoms with E-state index in [1.807, 2.05) is 57.2 Å². The predicted molar refractivity (Wildman–Crippen MR) is 156 cm³/mol. The molecule has 0 aliphatic heterocycles. The van der Waals surface area contributed by atoms with Crippen LogP contribution >= 0.6 is 0 Å². The Morgan fingerprint density at radius 2 is 1.59 bits per heavy atom. The first-order chi connectivity index (χ1) is 18.6. The number of nitrogens with one attached hydrogen (secondary N) is 1. The monoisotopic (exact) mass is 549 g/mol. The van der Waals surface area contributed by atoms with Crippen molar-refractivity contribution in [1.82, 2.24) is 10.2 Å². The zero-order valence-electron chi connectivity index (χ0n) is 23.3. The van der Waals surface area contributed by atoms with Gasteiger partial charge in [0, 0.05) is 13.1 Å². The maximum atomic E-state index is 13.9. The molecule has 39 heavy (non-hydrogen) atoms. The molecule has 0 radical (unpaired) electrons. The van der Waals surface area contributed by atoms with Crippen LogP contribution in [-0.2, 0) is 26.0 Å². The second-order valence-electron chi connectivity index (χ2n) is 9.81. The lowest BCUT2D eigenvalue weighted by Crippen LogP contribution is -2.52. The normalized spacial score (nSPS) is 12.0. The van der Waals surface area contributed by atoms with Gasteiger partial charge in [-0.15, -0.1) is 0 Å². The fourth-order valence-electron chi connectivity index (χ4n) is 4.26. The molecular weight excluding hydrogens is 510 g/mol. The average molecular weight is 550 g/mol. The Labute approximate surface area is 232 Å². The summed E-state index contributed by atoms with van der Waals surface area (Å²) in [7, 11) is -4.06. The lowest BCUT2D eigenvalue weighted by Gasteiger charge is -2.32. The SMILES string of the molecule is CCCCNC(=O)C(C)N(CCc1ccccc1)C(=O)CN(c1cccc(C)c1)S(=O)(=O)c1ccc(C)cc1. The minimum absolute atomic E-state index is 0.101. The average Bonchev–Trinajstić information content (AvgIpc) is 2.92. The summed E-state index contributed by atoms with van der Waals surface area (Å²) < 4.78 is 28.8. The molecule has 0 saturated carbocycles. The molecule has 0 saturated heterocycles. The number of carbonyl (C=O) groups excluding carboxylic acids is 2. The zero-order chi connectivity index (χ0) is 28.4. The number of sulfonamides is 1. The molecule has 0 fully saturated rings. The minimum atomic E-state index is -4.06. The van der Waals surface area contributed by atoms with E-state index >= 15 is 0 Å². The van der Waals surface area contributed by atoms with Gasteiger partial charge in [-0.1, -0.05) is 73.5 Å². The summed E-state index contributed by atoms with van der Waals surface area (Å²) in [5.41, 5.74) is 3.22. The summed E-state index contributed by atoms with van der Waals surface area (Å²) in [6.45, 7) is 7.86. The highest BCUT2D eigenvalue weighted by atomic mass is 32.2. The van der Waals surface area contributed by atoms with E-state index in [1.54, 1.807) is 49.4 Å². The van der Waals surface area contributed by atoms with Gasteiger partial charge >= 0.3 is 0 Å². The lowest BCUT2D eigenvalue weighted by atomic mass is 10.1. The van der Waals surface area contributed by atoms with Gasteiger partial charge in [0.15, 0.2) is 0 Å². The lowest BCUT2D eigenvalue weighted by molar-refractivity contribution is -0.138. The Hall–Kier alpha value is -3.65. The number of unbranched alkanes of at least 4 members (excludes halogenated alkanes) is 1. The second-order valence-corrected chi connectivity index (χ2v) is 11.7. The molecule has 1 atom stereocenters. The number of hydrogen-bond acceptors (Lipinski definition) is 4. The van der Waals surface area contributed by atoms with Crippen molar-refractivity contribution in [3.8, 4) is 0 Å². The van der Waals surface area contributed by atoms with Crippen LogP contribution in [0.25, 0.3) is 0 Å². The summed E-state index contributed by atoms with van der Waals surface area (Å²) in [4.78, 5) is 28.5. The number of aryl methyl sites for hydroxylation is 2. The number of rotatable bonds is 13. The maximum Gasteiger partial charge on any atom is 0.264 e. The first-order valence-corrected chi connectivity index (χ1v) is 14.8.